The Kier molecular flexibility index (Phi) is 2.76. The van der Waals surface area contributed by atoms with E-state index in [4.69, 9.17) is 20.0 Å². The molecule has 6 nitrogen and oxygen atoms in total. The zero-order valence-corrected chi connectivity index (χ0v) is 10.2. The molecule has 1 saturated heterocycles. The van der Waals surface area contributed by atoms with Crippen LogP contribution >= 0.6 is 0 Å². The molecule has 0 saturated carbocycles. The Morgan fingerprint density at radius 2 is 2.32 bits per heavy atom. The third-order valence-corrected chi connectivity index (χ3v) is 3.73. The fraction of sp³-hybridized carbons (Fsp3) is 0.385. The summed E-state index contributed by atoms with van der Waals surface area (Å²) in [6.45, 7) is 0.863. The Morgan fingerprint density at radius 3 is 2.95 bits per heavy atom. The zero-order chi connectivity index (χ0) is 13.5. The number of hydrogen-bond acceptors (Lipinski definition) is 5. The Morgan fingerprint density at radius 1 is 1.53 bits per heavy atom. The topological polar surface area (TPSA) is 98.6 Å². The van der Waals surface area contributed by atoms with Crippen LogP contribution in [-0.4, -0.2) is 35.3 Å². The molecular weight excluding hydrogens is 248 g/mol. The summed E-state index contributed by atoms with van der Waals surface area (Å²) in [5.41, 5.74) is 8.00. The fourth-order valence-electron chi connectivity index (χ4n) is 2.47. The van der Waals surface area contributed by atoms with E-state index in [1.807, 2.05) is 18.2 Å². The van der Waals surface area contributed by atoms with Crippen LogP contribution in [-0.2, 0) is 14.9 Å². The van der Waals surface area contributed by atoms with Gasteiger partial charge in [-0.15, -0.1) is 0 Å². The van der Waals surface area contributed by atoms with E-state index in [2.05, 4.69) is 4.98 Å². The van der Waals surface area contributed by atoms with Crippen molar-refractivity contribution in [2.75, 3.05) is 13.2 Å². The standard InChI is InChI=1S/C13H14N2O4/c14-11(4-12(16)17)13(5-18-6-13)8-1-2-9-10(3-8)19-7-15-9/h1-3,7,11H,4-6,14H2,(H,16,17). The van der Waals surface area contributed by atoms with Crippen molar-refractivity contribution >= 4 is 17.1 Å². The molecule has 0 aliphatic carbocycles. The quantitative estimate of drug-likeness (QED) is 0.849. The third kappa shape index (κ3) is 1.89. The number of ether oxygens (including phenoxy) is 1. The van der Waals surface area contributed by atoms with Crippen LogP contribution in [0.15, 0.2) is 29.0 Å². The van der Waals surface area contributed by atoms with E-state index >= 15 is 0 Å². The highest BCUT2D eigenvalue weighted by Gasteiger charge is 2.46. The maximum atomic E-state index is 10.8. The largest absolute Gasteiger partial charge is 0.481 e. The number of nitrogens with zero attached hydrogens (tertiary/aromatic N) is 1. The number of benzene rings is 1. The van der Waals surface area contributed by atoms with Crippen molar-refractivity contribution in [3.05, 3.63) is 30.2 Å². The maximum Gasteiger partial charge on any atom is 0.304 e. The maximum absolute atomic E-state index is 10.8. The minimum atomic E-state index is -0.903. The van der Waals surface area contributed by atoms with Crippen molar-refractivity contribution in [3.63, 3.8) is 0 Å². The molecule has 1 aromatic heterocycles. The number of carboxylic acids is 1. The molecule has 0 spiro atoms. The summed E-state index contributed by atoms with van der Waals surface area (Å²) in [6.07, 6.45) is 1.30. The van der Waals surface area contributed by atoms with Gasteiger partial charge in [-0.3, -0.25) is 4.79 Å². The Balaban J connectivity index is 1.98. The van der Waals surface area contributed by atoms with Gasteiger partial charge in [-0.2, -0.15) is 0 Å². The zero-order valence-electron chi connectivity index (χ0n) is 10.2. The molecule has 0 radical (unpaired) electrons. The van der Waals surface area contributed by atoms with Crippen LogP contribution in [0.2, 0.25) is 0 Å². The average Bonchev–Trinajstić information content (AvgIpc) is 2.73. The van der Waals surface area contributed by atoms with Crippen molar-refractivity contribution < 1.29 is 19.1 Å². The first-order valence-electron chi connectivity index (χ1n) is 6.01. The van der Waals surface area contributed by atoms with E-state index in [0.717, 1.165) is 11.1 Å². The van der Waals surface area contributed by atoms with Gasteiger partial charge in [-0.05, 0) is 17.7 Å². The lowest BCUT2D eigenvalue weighted by atomic mass is 9.71. The number of nitrogens with two attached hydrogens (primary N) is 1. The van der Waals surface area contributed by atoms with Gasteiger partial charge in [0.15, 0.2) is 12.0 Å². The molecule has 100 valence electrons. The molecular formula is C13H14N2O4. The van der Waals surface area contributed by atoms with Gasteiger partial charge in [0.25, 0.3) is 0 Å². The van der Waals surface area contributed by atoms with E-state index < -0.39 is 17.4 Å². The van der Waals surface area contributed by atoms with Crippen LogP contribution in [0.1, 0.15) is 12.0 Å². The van der Waals surface area contributed by atoms with E-state index in [-0.39, 0.29) is 6.42 Å². The number of rotatable bonds is 4. The normalized spacial score (nSPS) is 19.0. The second-order valence-electron chi connectivity index (χ2n) is 4.89. The lowest BCUT2D eigenvalue weighted by Gasteiger charge is -2.45. The average molecular weight is 262 g/mol. The molecule has 1 atom stereocenters. The van der Waals surface area contributed by atoms with Gasteiger partial charge >= 0.3 is 5.97 Å². The number of aromatic nitrogens is 1. The summed E-state index contributed by atoms with van der Waals surface area (Å²) in [5.74, 6) is -0.903. The predicted octanol–water partition coefficient (Wildman–Crippen LogP) is 0.898. The van der Waals surface area contributed by atoms with Crippen LogP contribution < -0.4 is 5.73 Å². The van der Waals surface area contributed by atoms with Gasteiger partial charge in [-0.1, -0.05) is 6.07 Å². The third-order valence-electron chi connectivity index (χ3n) is 3.73. The van der Waals surface area contributed by atoms with Crippen LogP contribution in [0.5, 0.6) is 0 Å². The number of carboxylic acid groups (broad SMARTS) is 1. The number of carbonyl (C=O) groups is 1. The van der Waals surface area contributed by atoms with E-state index in [1.54, 1.807) is 0 Å². The molecule has 19 heavy (non-hydrogen) atoms. The monoisotopic (exact) mass is 262 g/mol. The van der Waals surface area contributed by atoms with Crippen molar-refractivity contribution in [1.29, 1.82) is 0 Å². The minimum Gasteiger partial charge on any atom is -0.481 e. The van der Waals surface area contributed by atoms with Gasteiger partial charge in [0.1, 0.15) is 5.52 Å². The van der Waals surface area contributed by atoms with Crippen LogP contribution in [0, 0.1) is 0 Å². The van der Waals surface area contributed by atoms with E-state index in [1.165, 1.54) is 6.39 Å². The number of oxazole rings is 1. The molecule has 6 heteroatoms. The first kappa shape index (κ1) is 12.1. The molecule has 2 heterocycles. The summed E-state index contributed by atoms with van der Waals surface area (Å²) in [4.78, 5) is 14.9. The first-order valence-corrected chi connectivity index (χ1v) is 6.01. The van der Waals surface area contributed by atoms with Crippen molar-refractivity contribution in [2.24, 2.45) is 5.73 Å². The fourth-order valence-corrected chi connectivity index (χ4v) is 2.47. The lowest BCUT2D eigenvalue weighted by Crippen LogP contribution is -2.59. The molecule has 1 aliphatic rings. The summed E-state index contributed by atoms with van der Waals surface area (Å²) in [7, 11) is 0. The van der Waals surface area contributed by atoms with Gasteiger partial charge in [-0.25, -0.2) is 4.98 Å². The van der Waals surface area contributed by atoms with Gasteiger partial charge in [0.2, 0.25) is 0 Å². The van der Waals surface area contributed by atoms with Crippen molar-refractivity contribution in [1.82, 2.24) is 4.98 Å². The predicted molar refractivity (Wildman–Crippen MR) is 66.7 cm³/mol. The Labute approximate surface area is 109 Å². The summed E-state index contributed by atoms with van der Waals surface area (Å²) < 4.78 is 10.5. The van der Waals surface area contributed by atoms with Crippen molar-refractivity contribution in [3.8, 4) is 0 Å². The summed E-state index contributed by atoms with van der Waals surface area (Å²) in [6, 6.07) is 5.14. The lowest BCUT2D eigenvalue weighted by molar-refractivity contribution is -0.140. The summed E-state index contributed by atoms with van der Waals surface area (Å²) >= 11 is 0. The smallest absolute Gasteiger partial charge is 0.304 e. The molecule has 2 aromatic rings. The number of aliphatic carboxylic acids is 1. The SMILES string of the molecule is NC(CC(=O)O)C1(c2ccc3ncoc3c2)COC1. The Hall–Kier alpha value is -1.92. The van der Waals surface area contributed by atoms with E-state index in [0.29, 0.717) is 18.8 Å². The van der Waals surface area contributed by atoms with Crippen LogP contribution in [0.25, 0.3) is 11.1 Å². The van der Waals surface area contributed by atoms with E-state index in [9.17, 15) is 4.79 Å². The second-order valence-corrected chi connectivity index (χ2v) is 4.89. The molecule has 3 rings (SSSR count). The van der Waals surface area contributed by atoms with Gasteiger partial charge in [0.05, 0.1) is 25.0 Å². The van der Waals surface area contributed by atoms with Gasteiger partial charge < -0.3 is 20.0 Å². The van der Waals surface area contributed by atoms with Gasteiger partial charge in [0, 0.05) is 6.04 Å². The van der Waals surface area contributed by atoms with Crippen LogP contribution in [0.4, 0.5) is 0 Å². The summed E-state index contributed by atoms with van der Waals surface area (Å²) in [5, 5.41) is 8.90. The molecule has 1 aliphatic heterocycles. The highest BCUT2D eigenvalue weighted by molar-refractivity contribution is 5.73. The Bertz CT molecular complexity index is 618. The molecule has 3 N–H and O–H groups in total. The first-order chi connectivity index (χ1) is 9.12. The molecule has 1 fully saturated rings. The minimum absolute atomic E-state index is 0.0855. The molecule has 0 amide bonds. The molecule has 1 aromatic carbocycles. The van der Waals surface area contributed by atoms with Crippen molar-refractivity contribution in [2.45, 2.75) is 17.9 Å². The number of hydrogen-bond donors (Lipinski definition) is 2. The highest BCUT2D eigenvalue weighted by Crippen LogP contribution is 2.37. The highest BCUT2D eigenvalue weighted by atomic mass is 16.5. The second kappa shape index (κ2) is 4.32. The van der Waals surface area contributed by atoms with Crippen LogP contribution in [0.3, 0.4) is 0 Å². The molecule has 1 unspecified atom stereocenters. The number of fused-ring (bicyclic) bond motifs is 1. The molecule has 0 bridgehead atoms.